The largest absolute Gasteiger partial charge is 0.480 e. The van der Waals surface area contributed by atoms with Crippen LogP contribution in [0.1, 0.15) is 47.0 Å². The molecule has 0 radical (unpaired) electrons. The summed E-state index contributed by atoms with van der Waals surface area (Å²) in [5.74, 6) is -0.760. The molecule has 1 rings (SSSR count). The van der Waals surface area contributed by atoms with Crippen LogP contribution in [-0.2, 0) is 19.1 Å². The number of nitrogens with one attached hydrogen (secondary N) is 1. The van der Waals surface area contributed by atoms with Crippen LogP contribution in [-0.4, -0.2) is 63.6 Å². The molecule has 1 aliphatic heterocycles. The van der Waals surface area contributed by atoms with Gasteiger partial charge in [0.25, 0.3) is 0 Å². The zero-order valence-electron chi connectivity index (χ0n) is 15.7. The normalized spacial score (nSPS) is 18.5. The standard InChI is InChI=1S/C17H28N2O6S/c1-11(20)26-10-12-8-14(21)19(9-12)13(15(22)23)6-5-7-18-16(24)25-17(2,3)4/h12-13H,5-10H2,1-4H3,(H,18,24)(H,22,23)/t12?,13-/m0/s1. The summed E-state index contributed by atoms with van der Waals surface area (Å²) >= 11 is 1.16. The highest BCUT2D eigenvalue weighted by molar-refractivity contribution is 8.13. The average Bonchev–Trinajstić information content (AvgIpc) is 2.83. The van der Waals surface area contributed by atoms with Gasteiger partial charge < -0.3 is 20.1 Å². The lowest BCUT2D eigenvalue weighted by molar-refractivity contribution is -0.148. The molecular formula is C17H28N2O6S. The first-order chi connectivity index (χ1) is 12.0. The molecule has 0 aromatic carbocycles. The van der Waals surface area contributed by atoms with E-state index in [0.717, 1.165) is 11.8 Å². The summed E-state index contributed by atoms with van der Waals surface area (Å²) in [5.41, 5.74) is -0.595. The van der Waals surface area contributed by atoms with Gasteiger partial charge in [0.05, 0.1) is 0 Å². The Morgan fingerprint density at radius 2 is 2.04 bits per heavy atom. The van der Waals surface area contributed by atoms with E-state index in [1.165, 1.54) is 11.8 Å². The highest BCUT2D eigenvalue weighted by Gasteiger charge is 2.37. The van der Waals surface area contributed by atoms with Crippen molar-refractivity contribution in [1.29, 1.82) is 0 Å². The maximum atomic E-state index is 12.2. The van der Waals surface area contributed by atoms with E-state index in [0.29, 0.717) is 18.7 Å². The fourth-order valence-corrected chi connectivity index (χ4v) is 3.36. The Bertz CT molecular complexity index is 546. The number of amides is 2. The predicted octanol–water partition coefficient (Wildman–Crippen LogP) is 1.87. The van der Waals surface area contributed by atoms with E-state index < -0.39 is 23.7 Å². The summed E-state index contributed by atoms with van der Waals surface area (Å²) in [4.78, 5) is 47.7. The summed E-state index contributed by atoms with van der Waals surface area (Å²) < 4.78 is 5.11. The van der Waals surface area contributed by atoms with Crippen LogP contribution < -0.4 is 5.32 Å². The van der Waals surface area contributed by atoms with E-state index in [-0.39, 0.29) is 36.3 Å². The van der Waals surface area contributed by atoms with Gasteiger partial charge in [0.15, 0.2) is 5.12 Å². The van der Waals surface area contributed by atoms with Crippen LogP contribution in [0, 0.1) is 5.92 Å². The van der Waals surface area contributed by atoms with Gasteiger partial charge >= 0.3 is 12.1 Å². The molecule has 0 aliphatic carbocycles. The van der Waals surface area contributed by atoms with Crippen LogP contribution in [0.3, 0.4) is 0 Å². The Balaban J connectivity index is 2.46. The second kappa shape index (κ2) is 9.80. The molecule has 1 aliphatic rings. The molecule has 2 N–H and O–H groups in total. The summed E-state index contributed by atoms with van der Waals surface area (Å²) in [7, 11) is 0. The van der Waals surface area contributed by atoms with E-state index in [1.807, 2.05) is 0 Å². The zero-order chi connectivity index (χ0) is 19.9. The fraction of sp³-hybridized carbons (Fsp3) is 0.765. The van der Waals surface area contributed by atoms with Gasteiger partial charge in [-0.2, -0.15) is 0 Å². The van der Waals surface area contributed by atoms with Crippen molar-refractivity contribution < 1.29 is 29.0 Å². The smallest absolute Gasteiger partial charge is 0.407 e. The molecule has 0 saturated carbocycles. The number of alkyl carbamates (subject to hydrolysis) is 1. The van der Waals surface area contributed by atoms with E-state index >= 15 is 0 Å². The minimum absolute atomic E-state index is 0.0149. The second-order valence-electron chi connectivity index (χ2n) is 7.34. The molecule has 0 spiro atoms. The molecule has 148 valence electrons. The number of likely N-dealkylation sites (tertiary alicyclic amines) is 1. The van der Waals surface area contributed by atoms with E-state index in [2.05, 4.69) is 5.32 Å². The minimum Gasteiger partial charge on any atom is -0.480 e. The summed E-state index contributed by atoms with van der Waals surface area (Å²) in [6.07, 6.45) is 0.360. The lowest BCUT2D eigenvalue weighted by Gasteiger charge is -2.25. The van der Waals surface area contributed by atoms with Gasteiger partial charge in [0, 0.05) is 32.2 Å². The third-order valence-electron chi connectivity index (χ3n) is 3.74. The molecule has 2 atom stereocenters. The molecule has 0 aromatic rings. The molecule has 0 bridgehead atoms. The Kier molecular flexibility index (Phi) is 8.39. The number of hydrogen-bond acceptors (Lipinski definition) is 6. The van der Waals surface area contributed by atoms with Crippen molar-refractivity contribution >= 4 is 34.8 Å². The molecule has 0 aromatic heterocycles. The Labute approximate surface area is 158 Å². The lowest BCUT2D eigenvalue weighted by atomic mass is 10.1. The number of hydrogen-bond donors (Lipinski definition) is 2. The fourth-order valence-electron chi connectivity index (χ4n) is 2.67. The van der Waals surface area contributed by atoms with Gasteiger partial charge in [-0.3, -0.25) is 9.59 Å². The van der Waals surface area contributed by atoms with Crippen molar-refractivity contribution in [2.75, 3.05) is 18.8 Å². The Morgan fingerprint density at radius 3 is 2.58 bits per heavy atom. The summed E-state index contributed by atoms with van der Waals surface area (Å²) in [5, 5.41) is 12.0. The number of aliphatic carboxylic acids is 1. The van der Waals surface area contributed by atoms with Crippen molar-refractivity contribution in [2.45, 2.75) is 58.6 Å². The highest BCUT2D eigenvalue weighted by atomic mass is 32.2. The van der Waals surface area contributed by atoms with Crippen molar-refractivity contribution in [3.05, 3.63) is 0 Å². The van der Waals surface area contributed by atoms with Crippen LogP contribution >= 0.6 is 11.8 Å². The molecule has 9 heteroatoms. The Morgan fingerprint density at radius 1 is 1.38 bits per heavy atom. The summed E-state index contributed by atoms with van der Waals surface area (Å²) in [6, 6.07) is -0.921. The molecule has 8 nitrogen and oxygen atoms in total. The zero-order valence-corrected chi connectivity index (χ0v) is 16.6. The minimum atomic E-state index is -1.06. The molecule has 26 heavy (non-hydrogen) atoms. The number of carboxylic acids is 1. The van der Waals surface area contributed by atoms with Crippen LogP contribution in [0.25, 0.3) is 0 Å². The van der Waals surface area contributed by atoms with Crippen molar-refractivity contribution in [3.8, 4) is 0 Å². The molecular weight excluding hydrogens is 360 g/mol. The van der Waals surface area contributed by atoms with E-state index in [1.54, 1.807) is 20.8 Å². The number of carboxylic acid groups (broad SMARTS) is 1. The monoisotopic (exact) mass is 388 g/mol. The quantitative estimate of drug-likeness (QED) is 0.610. The average molecular weight is 388 g/mol. The maximum Gasteiger partial charge on any atom is 0.407 e. The maximum absolute atomic E-state index is 12.2. The van der Waals surface area contributed by atoms with Crippen LogP contribution in [0.15, 0.2) is 0 Å². The lowest BCUT2D eigenvalue weighted by Crippen LogP contribution is -2.43. The third-order valence-corrected chi connectivity index (χ3v) is 4.79. The van der Waals surface area contributed by atoms with Crippen LogP contribution in [0.4, 0.5) is 4.79 Å². The Hall–Kier alpha value is -1.77. The number of thioether (sulfide) groups is 1. The first-order valence-electron chi connectivity index (χ1n) is 8.62. The highest BCUT2D eigenvalue weighted by Crippen LogP contribution is 2.25. The van der Waals surface area contributed by atoms with E-state index in [4.69, 9.17) is 4.74 Å². The van der Waals surface area contributed by atoms with Crippen LogP contribution in [0.2, 0.25) is 0 Å². The van der Waals surface area contributed by atoms with Gasteiger partial charge in [0.2, 0.25) is 5.91 Å². The van der Waals surface area contributed by atoms with Crippen molar-refractivity contribution in [2.24, 2.45) is 5.92 Å². The van der Waals surface area contributed by atoms with Crippen molar-refractivity contribution in [1.82, 2.24) is 10.2 Å². The number of nitrogens with zero attached hydrogens (tertiary/aromatic N) is 1. The third kappa shape index (κ3) is 8.07. The first-order valence-corrected chi connectivity index (χ1v) is 9.60. The topological polar surface area (TPSA) is 113 Å². The predicted molar refractivity (Wildman–Crippen MR) is 97.9 cm³/mol. The van der Waals surface area contributed by atoms with Gasteiger partial charge in [-0.25, -0.2) is 9.59 Å². The summed E-state index contributed by atoms with van der Waals surface area (Å²) in [6.45, 7) is 7.35. The number of carbonyl (C=O) groups is 4. The second-order valence-corrected chi connectivity index (χ2v) is 8.54. The van der Waals surface area contributed by atoms with Gasteiger partial charge in [-0.05, 0) is 39.5 Å². The van der Waals surface area contributed by atoms with Crippen molar-refractivity contribution in [3.63, 3.8) is 0 Å². The van der Waals surface area contributed by atoms with Gasteiger partial charge in [-0.15, -0.1) is 0 Å². The molecule has 1 unspecified atom stereocenters. The molecule has 1 heterocycles. The van der Waals surface area contributed by atoms with Gasteiger partial charge in [0.1, 0.15) is 11.6 Å². The van der Waals surface area contributed by atoms with E-state index in [9.17, 15) is 24.3 Å². The number of rotatable bonds is 8. The van der Waals surface area contributed by atoms with Crippen LogP contribution in [0.5, 0.6) is 0 Å². The number of ether oxygens (including phenoxy) is 1. The molecule has 1 fully saturated rings. The molecule has 2 amide bonds. The number of carbonyl (C=O) groups excluding carboxylic acids is 3. The SMILES string of the molecule is CC(=O)SCC1CC(=O)N([C@@H](CCCNC(=O)OC(C)(C)C)C(=O)O)C1. The van der Waals surface area contributed by atoms with Gasteiger partial charge in [-0.1, -0.05) is 11.8 Å². The first kappa shape index (κ1) is 22.3. The molecule has 1 saturated heterocycles.